The summed E-state index contributed by atoms with van der Waals surface area (Å²) < 4.78 is 44.5. The van der Waals surface area contributed by atoms with Crippen LogP contribution in [0.15, 0.2) is 42.7 Å². The van der Waals surface area contributed by atoms with E-state index >= 15 is 0 Å². The van der Waals surface area contributed by atoms with Crippen LogP contribution >= 0.6 is 0 Å². The van der Waals surface area contributed by atoms with E-state index in [-0.39, 0.29) is 23.6 Å². The van der Waals surface area contributed by atoms with Gasteiger partial charge in [-0.05, 0) is 43.5 Å². The van der Waals surface area contributed by atoms with Crippen LogP contribution in [0.3, 0.4) is 0 Å². The van der Waals surface area contributed by atoms with E-state index in [1.165, 1.54) is 0 Å². The summed E-state index contributed by atoms with van der Waals surface area (Å²) in [5.74, 6) is -4.07. The first kappa shape index (κ1) is 19.1. The predicted molar refractivity (Wildman–Crippen MR) is 109 cm³/mol. The average Bonchev–Trinajstić information content (AvgIpc) is 3.44. The fourth-order valence-corrected chi connectivity index (χ4v) is 5.24. The Morgan fingerprint density at radius 1 is 1.12 bits per heavy atom. The van der Waals surface area contributed by atoms with Gasteiger partial charge in [0.05, 0.1) is 34.7 Å². The molecule has 1 aromatic carbocycles. The summed E-state index contributed by atoms with van der Waals surface area (Å²) in [5, 5.41) is 8.91. The average molecular weight is 437 g/mol. The number of aromatic nitrogens is 4. The van der Waals surface area contributed by atoms with Crippen LogP contribution in [-0.2, 0) is 13.5 Å². The van der Waals surface area contributed by atoms with Crippen molar-refractivity contribution in [3.8, 4) is 11.3 Å². The molecular weight excluding hydrogens is 419 g/mol. The van der Waals surface area contributed by atoms with Crippen molar-refractivity contribution in [1.29, 1.82) is 0 Å². The SMILES string of the molecule is Cn1nc2c(c1-c1cc(F)c(F)c(F)c1)C[C@H]1CC[C@@H]2N1C(=O)c1cnn2ccccc12. The summed E-state index contributed by atoms with van der Waals surface area (Å²) in [6.45, 7) is 0. The zero-order valence-electron chi connectivity index (χ0n) is 17.1. The molecule has 1 fully saturated rings. The maximum Gasteiger partial charge on any atom is 0.258 e. The summed E-state index contributed by atoms with van der Waals surface area (Å²) >= 11 is 0. The van der Waals surface area contributed by atoms with E-state index < -0.39 is 17.5 Å². The summed E-state index contributed by atoms with van der Waals surface area (Å²) in [6, 6.07) is 7.27. The number of carbonyl (C=O) groups excluding carboxylic acids is 1. The highest BCUT2D eigenvalue weighted by Gasteiger charge is 2.46. The van der Waals surface area contributed by atoms with Crippen LogP contribution < -0.4 is 0 Å². The maximum atomic E-state index is 13.9. The smallest absolute Gasteiger partial charge is 0.258 e. The lowest BCUT2D eigenvalue weighted by Crippen LogP contribution is -2.41. The van der Waals surface area contributed by atoms with Crippen molar-refractivity contribution < 1.29 is 18.0 Å². The molecule has 0 radical (unpaired) electrons. The number of amides is 1. The zero-order chi connectivity index (χ0) is 22.1. The number of hydrogen-bond acceptors (Lipinski definition) is 3. The highest BCUT2D eigenvalue weighted by molar-refractivity contribution is 6.01. The van der Waals surface area contributed by atoms with E-state index in [0.29, 0.717) is 17.7 Å². The molecule has 6 nitrogen and oxygen atoms in total. The summed E-state index contributed by atoms with van der Waals surface area (Å²) in [5.41, 5.74) is 3.64. The Morgan fingerprint density at radius 2 is 1.91 bits per heavy atom. The predicted octanol–water partition coefficient (Wildman–Crippen LogP) is 4.05. The fraction of sp³-hybridized carbons (Fsp3) is 0.261. The van der Waals surface area contributed by atoms with Gasteiger partial charge < -0.3 is 4.90 Å². The summed E-state index contributed by atoms with van der Waals surface area (Å²) in [6.07, 6.45) is 5.45. The molecule has 0 unspecified atom stereocenters. The second-order valence-electron chi connectivity index (χ2n) is 8.34. The molecule has 5 heterocycles. The van der Waals surface area contributed by atoms with Gasteiger partial charge in [0.15, 0.2) is 17.5 Å². The van der Waals surface area contributed by atoms with Gasteiger partial charge in [0, 0.05) is 30.4 Å². The molecule has 2 bridgehead atoms. The lowest BCUT2D eigenvalue weighted by Gasteiger charge is -2.34. The molecule has 0 saturated carbocycles. The molecule has 3 aromatic heterocycles. The van der Waals surface area contributed by atoms with Crippen LogP contribution in [0.5, 0.6) is 0 Å². The minimum atomic E-state index is -1.49. The van der Waals surface area contributed by atoms with Crippen molar-refractivity contribution >= 4 is 11.4 Å². The molecule has 32 heavy (non-hydrogen) atoms. The quantitative estimate of drug-likeness (QED) is 0.445. The molecule has 0 N–H and O–H groups in total. The molecule has 9 heteroatoms. The third-order valence-corrected chi connectivity index (χ3v) is 6.58. The van der Waals surface area contributed by atoms with E-state index in [9.17, 15) is 18.0 Å². The Labute approximate surface area is 180 Å². The fourth-order valence-electron chi connectivity index (χ4n) is 5.24. The standard InChI is InChI=1S/C23H18F3N5O/c1-29-22(12-8-16(24)20(26)17(25)9-12)14-10-13-5-6-19(21(14)28-29)31(13)23(32)15-11-27-30-7-3-2-4-18(15)30/h2-4,7-9,11,13,19H,5-6,10H2,1H3/t13-,19+/m1/s1. The maximum absolute atomic E-state index is 13.9. The Morgan fingerprint density at radius 3 is 2.69 bits per heavy atom. The van der Waals surface area contributed by atoms with Gasteiger partial charge in [-0.15, -0.1) is 0 Å². The van der Waals surface area contributed by atoms with E-state index in [1.807, 2.05) is 23.1 Å². The third-order valence-electron chi connectivity index (χ3n) is 6.58. The lowest BCUT2D eigenvalue weighted by molar-refractivity contribution is 0.0644. The van der Waals surface area contributed by atoms with Gasteiger partial charge in [-0.25, -0.2) is 17.7 Å². The monoisotopic (exact) mass is 437 g/mol. The number of fused-ring (bicyclic) bond motifs is 5. The van der Waals surface area contributed by atoms with Crippen molar-refractivity contribution in [3.05, 3.63) is 77.0 Å². The number of nitrogens with zero attached hydrogens (tertiary/aromatic N) is 5. The second-order valence-corrected chi connectivity index (χ2v) is 8.34. The van der Waals surface area contributed by atoms with Crippen molar-refractivity contribution in [2.45, 2.75) is 31.3 Å². The van der Waals surface area contributed by atoms with Gasteiger partial charge in [-0.3, -0.25) is 9.48 Å². The normalized spacial score (nSPS) is 19.6. The van der Waals surface area contributed by atoms with E-state index in [4.69, 9.17) is 0 Å². The van der Waals surface area contributed by atoms with Crippen LogP contribution in [0.25, 0.3) is 16.8 Å². The molecule has 0 aliphatic carbocycles. The van der Waals surface area contributed by atoms with Crippen molar-refractivity contribution in [2.75, 3.05) is 0 Å². The third kappa shape index (κ3) is 2.57. The number of aryl methyl sites for hydroxylation is 1. The highest BCUT2D eigenvalue weighted by atomic mass is 19.2. The van der Waals surface area contributed by atoms with Crippen LogP contribution in [0.1, 0.15) is 40.5 Å². The molecule has 1 saturated heterocycles. The summed E-state index contributed by atoms with van der Waals surface area (Å²) in [4.78, 5) is 15.4. The first-order valence-electron chi connectivity index (χ1n) is 10.4. The molecule has 0 spiro atoms. The largest absolute Gasteiger partial charge is 0.327 e. The van der Waals surface area contributed by atoms with Gasteiger partial charge in [0.25, 0.3) is 5.91 Å². The molecule has 2 aliphatic rings. The van der Waals surface area contributed by atoms with Crippen LogP contribution in [0.2, 0.25) is 0 Å². The number of benzene rings is 1. The number of hydrogen-bond donors (Lipinski definition) is 0. The minimum Gasteiger partial charge on any atom is -0.327 e. The first-order chi connectivity index (χ1) is 15.4. The van der Waals surface area contributed by atoms with Crippen LogP contribution in [0, 0.1) is 17.5 Å². The number of pyridine rings is 1. The number of rotatable bonds is 2. The van der Waals surface area contributed by atoms with Crippen LogP contribution in [-0.4, -0.2) is 36.2 Å². The molecule has 4 aromatic rings. The van der Waals surface area contributed by atoms with E-state index in [0.717, 1.165) is 41.7 Å². The minimum absolute atomic E-state index is 0.0586. The van der Waals surface area contributed by atoms with Crippen molar-refractivity contribution in [3.63, 3.8) is 0 Å². The molecule has 2 atom stereocenters. The van der Waals surface area contributed by atoms with Gasteiger partial charge in [0.1, 0.15) is 0 Å². The van der Waals surface area contributed by atoms with Crippen molar-refractivity contribution in [1.82, 2.24) is 24.3 Å². The Hall–Kier alpha value is -3.62. The molecule has 6 rings (SSSR count). The second kappa shape index (κ2) is 6.69. The van der Waals surface area contributed by atoms with Crippen LogP contribution in [0.4, 0.5) is 13.2 Å². The Kier molecular flexibility index (Phi) is 3.99. The number of halogens is 3. The van der Waals surface area contributed by atoms with Gasteiger partial charge in [-0.1, -0.05) is 6.07 Å². The number of carbonyl (C=O) groups is 1. The molecule has 1 amide bonds. The zero-order valence-corrected chi connectivity index (χ0v) is 17.1. The topological polar surface area (TPSA) is 55.4 Å². The Bertz CT molecular complexity index is 1390. The highest BCUT2D eigenvalue weighted by Crippen LogP contribution is 2.47. The van der Waals surface area contributed by atoms with Gasteiger partial charge in [0.2, 0.25) is 0 Å². The van der Waals surface area contributed by atoms with Crippen molar-refractivity contribution in [2.24, 2.45) is 7.05 Å². The lowest BCUT2D eigenvalue weighted by atomic mass is 9.94. The Balaban J connectivity index is 1.43. The molecule has 162 valence electrons. The van der Waals surface area contributed by atoms with Gasteiger partial charge >= 0.3 is 0 Å². The van der Waals surface area contributed by atoms with E-state index in [2.05, 4.69) is 10.2 Å². The van der Waals surface area contributed by atoms with E-state index in [1.54, 1.807) is 28.6 Å². The van der Waals surface area contributed by atoms with Gasteiger partial charge in [-0.2, -0.15) is 10.2 Å². The molecule has 2 aliphatic heterocycles. The first-order valence-corrected chi connectivity index (χ1v) is 10.4. The molecular formula is C23H18F3N5O. The summed E-state index contributed by atoms with van der Waals surface area (Å²) in [7, 11) is 1.69.